The molecule has 0 bridgehead atoms. The average molecular weight is 244 g/mol. The molecule has 0 aromatic carbocycles. The molecule has 0 amide bonds. The van der Waals surface area contributed by atoms with Gasteiger partial charge in [0.1, 0.15) is 11.5 Å². The van der Waals surface area contributed by atoms with Gasteiger partial charge in [-0.3, -0.25) is 9.89 Å². The Morgan fingerprint density at radius 3 is 3.06 bits per heavy atom. The zero-order valence-electron chi connectivity index (χ0n) is 9.88. The largest absolute Gasteiger partial charge is 0.463 e. The number of H-pyrrole nitrogens is 1. The van der Waals surface area contributed by atoms with Crippen LogP contribution in [-0.4, -0.2) is 19.6 Å². The summed E-state index contributed by atoms with van der Waals surface area (Å²) in [5.41, 5.74) is 0.306. The molecular weight excluding hydrogens is 232 g/mol. The molecule has 0 aliphatic heterocycles. The lowest BCUT2D eigenvalue weighted by Crippen LogP contribution is -2.14. The fraction of sp³-hybridized carbons (Fsp3) is 0.250. The van der Waals surface area contributed by atoms with Gasteiger partial charge in [0.05, 0.1) is 6.26 Å². The standard InChI is InChI=1S/C12H12N4O2/c1-2-4-10-14-12-13-8(9-5-3-6-18-9)7-11(17)16(12)15-10/h3,5-7H,2,4H2,1H3,(H,13,14,15). The number of nitrogens with zero attached hydrogens (tertiary/aromatic N) is 3. The number of aromatic nitrogens is 4. The molecule has 3 aromatic heterocycles. The van der Waals surface area contributed by atoms with Gasteiger partial charge in [-0.1, -0.05) is 6.92 Å². The van der Waals surface area contributed by atoms with Crippen molar-refractivity contribution in [2.24, 2.45) is 0 Å². The number of furan rings is 1. The summed E-state index contributed by atoms with van der Waals surface area (Å²) in [6.45, 7) is 2.05. The van der Waals surface area contributed by atoms with Gasteiger partial charge in [0.15, 0.2) is 5.76 Å². The van der Waals surface area contributed by atoms with Gasteiger partial charge in [-0.05, 0) is 18.6 Å². The van der Waals surface area contributed by atoms with E-state index in [1.165, 1.54) is 10.6 Å². The molecule has 0 unspecified atom stereocenters. The first-order valence-corrected chi connectivity index (χ1v) is 5.80. The van der Waals surface area contributed by atoms with Crippen LogP contribution in [0, 0.1) is 0 Å². The van der Waals surface area contributed by atoms with Crippen LogP contribution in [0.25, 0.3) is 17.2 Å². The van der Waals surface area contributed by atoms with Gasteiger partial charge in [0.2, 0.25) is 0 Å². The van der Waals surface area contributed by atoms with E-state index in [-0.39, 0.29) is 5.56 Å². The molecule has 0 atom stereocenters. The number of aryl methyl sites for hydroxylation is 1. The lowest BCUT2D eigenvalue weighted by molar-refractivity contribution is 0.579. The molecule has 3 rings (SSSR count). The third-order valence-electron chi connectivity index (χ3n) is 2.64. The van der Waals surface area contributed by atoms with E-state index in [1.807, 2.05) is 0 Å². The number of hydrogen-bond donors (Lipinski definition) is 1. The number of aromatic amines is 1. The molecule has 6 heteroatoms. The second-order valence-electron chi connectivity index (χ2n) is 4.01. The number of rotatable bonds is 3. The summed E-state index contributed by atoms with van der Waals surface area (Å²) in [7, 11) is 0. The Balaban J connectivity index is 2.18. The Labute approximate surface area is 102 Å². The maximum Gasteiger partial charge on any atom is 0.274 e. The quantitative estimate of drug-likeness (QED) is 0.759. The molecule has 0 radical (unpaired) electrons. The summed E-state index contributed by atoms with van der Waals surface area (Å²) in [5.74, 6) is 1.70. The van der Waals surface area contributed by atoms with Crippen LogP contribution < -0.4 is 5.56 Å². The highest BCUT2D eigenvalue weighted by atomic mass is 16.3. The molecule has 18 heavy (non-hydrogen) atoms. The van der Waals surface area contributed by atoms with Gasteiger partial charge >= 0.3 is 0 Å². The molecular formula is C12H12N4O2. The topological polar surface area (TPSA) is 76.2 Å². The van der Waals surface area contributed by atoms with E-state index in [0.29, 0.717) is 17.2 Å². The Kier molecular flexibility index (Phi) is 2.47. The Bertz CT molecular complexity index is 724. The molecule has 0 saturated heterocycles. The highest BCUT2D eigenvalue weighted by Gasteiger charge is 2.10. The minimum absolute atomic E-state index is 0.193. The summed E-state index contributed by atoms with van der Waals surface area (Å²) >= 11 is 0. The molecule has 0 saturated carbocycles. The average Bonchev–Trinajstić information content (AvgIpc) is 2.97. The predicted octanol–water partition coefficient (Wildman–Crippen LogP) is 1.63. The SMILES string of the molecule is CCCc1nc2nc(-c3ccco3)cc(=O)n2[nH]1. The zero-order valence-corrected chi connectivity index (χ0v) is 9.88. The fourth-order valence-electron chi connectivity index (χ4n) is 1.82. The third-order valence-corrected chi connectivity index (χ3v) is 2.64. The predicted molar refractivity (Wildman–Crippen MR) is 65.3 cm³/mol. The van der Waals surface area contributed by atoms with Crippen LogP contribution in [0.1, 0.15) is 19.2 Å². The van der Waals surface area contributed by atoms with Crippen LogP contribution in [0.4, 0.5) is 0 Å². The maximum atomic E-state index is 11.9. The van der Waals surface area contributed by atoms with Crippen molar-refractivity contribution in [1.82, 2.24) is 19.6 Å². The van der Waals surface area contributed by atoms with Crippen molar-refractivity contribution in [3.05, 3.63) is 40.6 Å². The highest BCUT2D eigenvalue weighted by molar-refractivity contribution is 5.53. The second kappa shape index (κ2) is 4.14. The number of fused-ring (bicyclic) bond motifs is 1. The zero-order chi connectivity index (χ0) is 12.5. The molecule has 0 aliphatic rings. The van der Waals surface area contributed by atoms with E-state index < -0.39 is 0 Å². The molecule has 0 spiro atoms. The van der Waals surface area contributed by atoms with E-state index in [2.05, 4.69) is 22.0 Å². The van der Waals surface area contributed by atoms with Gasteiger partial charge in [0, 0.05) is 12.5 Å². The summed E-state index contributed by atoms with van der Waals surface area (Å²) in [5, 5.41) is 2.94. The normalized spacial score (nSPS) is 11.2. The Hall–Kier alpha value is -2.37. The van der Waals surface area contributed by atoms with E-state index in [4.69, 9.17) is 4.42 Å². The number of nitrogens with one attached hydrogen (secondary N) is 1. The molecule has 6 nitrogen and oxygen atoms in total. The first-order chi connectivity index (χ1) is 8.78. The fourth-order valence-corrected chi connectivity index (χ4v) is 1.82. The Morgan fingerprint density at radius 1 is 1.44 bits per heavy atom. The van der Waals surface area contributed by atoms with Crippen molar-refractivity contribution < 1.29 is 4.42 Å². The molecule has 3 aromatic rings. The van der Waals surface area contributed by atoms with Crippen LogP contribution >= 0.6 is 0 Å². The van der Waals surface area contributed by atoms with Crippen molar-refractivity contribution in [3.8, 4) is 11.5 Å². The first kappa shape index (κ1) is 10.8. The summed E-state index contributed by atoms with van der Waals surface area (Å²) in [4.78, 5) is 20.5. The summed E-state index contributed by atoms with van der Waals surface area (Å²) in [6, 6.07) is 4.95. The van der Waals surface area contributed by atoms with E-state index in [9.17, 15) is 4.79 Å². The molecule has 92 valence electrons. The lowest BCUT2D eigenvalue weighted by atomic mass is 10.3. The second-order valence-corrected chi connectivity index (χ2v) is 4.01. The highest BCUT2D eigenvalue weighted by Crippen LogP contribution is 2.15. The first-order valence-electron chi connectivity index (χ1n) is 5.80. The molecule has 3 heterocycles. The Morgan fingerprint density at radius 2 is 2.33 bits per heavy atom. The van der Waals surface area contributed by atoms with Crippen LogP contribution in [0.3, 0.4) is 0 Å². The van der Waals surface area contributed by atoms with Gasteiger partial charge < -0.3 is 4.42 Å². The molecule has 0 fully saturated rings. The van der Waals surface area contributed by atoms with Gasteiger partial charge in [-0.15, -0.1) is 0 Å². The minimum Gasteiger partial charge on any atom is -0.463 e. The minimum atomic E-state index is -0.193. The monoisotopic (exact) mass is 244 g/mol. The van der Waals surface area contributed by atoms with Crippen molar-refractivity contribution in [1.29, 1.82) is 0 Å². The van der Waals surface area contributed by atoms with Crippen molar-refractivity contribution in [2.75, 3.05) is 0 Å². The van der Waals surface area contributed by atoms with Crippen LogP contribution in [0.2, 0.25) is 0 Å². The maximum absolute atomic E-state index is 11.9. The van der Waals surface area contributed by atoms with E-state index in [0.717, 1.165) is 18.7 Å². The summed E-state index contributed by atoms with van der Waals surface area (Å²) < 4.78 is 6.57. The van der Waals surface area contributed by atoms with Crippen LogP contribution in [0.15, 0.2) is 33.7 Å². The van der Waals surface area contributed by atoms with Gasteiger partial charge in [0.25, 0.3) is 11.3 Å². The van der Waals surface area contributed by atoms with Crippen LogP contribution in [0.5, 0.6) is 0 Å². The van der Waals surface area contributed by atoms with E-state index >= 15 is 0 Å². The van der Waals surface area contributed by atoms with Crippen molar-refractivity contribution >= 4 is 5.78 Å². The lowest BCUT2D eigenvalue weighted by Gasteiger charge is -1.95. The molecule has 0 aliphatic carbocycles. The van der Waals surface area contributed by atoms with E-state index in [1.54, 1.807) is 18.4 Å². The van der Waals surface area contributed by atoms with Crippen LogP contribution in [-0.2, 0) is 6.42 Å². The summed E-state index contributed by atoms with van der Waals surface area (Å²) in [6.07, 6.45) is 3.30. The molecule has 1 N–H and O–H groups in total. The van der Waals surface area contributed by atoms with Gasteiger partial charge in [-0.25, -0.2) is 4.98 Å². The number of hydrogen-bond acceptors (Lipinski definition) is 4. The van der Waals surface area contributed by atoms with Crippen molar-refractivity contribution in [2.45, 2.75) is 19.8 Å². The van der Waals surface area contributed by atoms with Crippen molar-refractivity contribution in [3.63, 3.8) is 0 Å². The third kappa shape index (κ3) is 1.71. The van der Waals surface area contributed by atoms with Gasteiger partial charge in [-0.2, -0.15) is 9.50 Å². The smallest absolute Gasteiger partial charge is 0.274 e.